The molecular formula is C34H59IN4O15. The number of rotatable bonds is 25. The number of aliphatic hydroxyl groups is 6. The van der Waals surface area contributed by atoms with E-state index in [1.165, 1.54) is 13.8 Å². The van der Waals surface area contributed by atoms with Crippen molar-refractivity contribution in [2.24, 2.45) is 0 Å². The topological polar surface area (TPSA) is 292 Å². The second-order valence-electron chi connectivity index (χ2n) is 13.5. The first-order valence-electron chi connectivity index (χ1n) is 18.5. The monoisotopic (exact) mass is 890 g/mol. The van der Waals surface area contributed by atoms with Crippen molar-refractivity contribution in [3.8, 4) is 0 Å². The van der Waals surface area contributed by atoms with Crippen molar-refractivity contribution in [1.82, 2.24) is 21.3 Å². The highest BCUT2D eigenvalue weighted by molar-refractivity contribution is 14.1. The Morgan fingerprint density at radius 2 is 1.11 bits per heavy atom. The normalized spacial score (nSPS) is 28.8. The molecule has 0 aliphatic carbocycles. The number of hydrogen-bond donors (Lipinski definition) is 10. The van der Waals surface area contributed by atoms with Gasteiger partial charge < -0.3 is 70.9 Å². The lowest BCUT2D eigenvalue weighted by Crippen LogP contribution is -2.64. The van der Waals surface area contributed by atoms with Crippen LogP contribution in [0.25, 0.3) is 0 Å². The van der Waals surface area contributed by atoms with E-state index in [0.717, 1.165) is 0 Å². The van der Waals surface area contributed by atoms with Gasteiger partial charge in [0.25, 0.3) is 0 Å². The van der Waals surface area contributed by atoms with Crippen LogP contribution in [0.4, 0.5) is 0 Å². The first kappa shape index (κ1) is 48.0. The van der Waals surface area contributed by atoms with Crippen molar-refractivity contribution in [1.29, 1.82) is 0 Å². The fourth-order valence-electron chi connectivity index (χ4n) is 6.05. The maximum absolute atomic E-state index is 12.5. The van der Waals surface area contributed by atoms with E-state index in [2.05, 4.69) is 21.3 Å². The Labute approximate surface area is 328 Å². The molecule has 20 heteroatoms. The van der Waals surface area contributed by atoms with Gasteiger partial charge >= 0.3 is 0 Å². The van der Waals surface area contributed by atoms with Crippen molar-refractivity contribution in [2.45, 2.75) is 152 Å². The fraction of sp³-hybridized carbons (Fsp3) is 0.853. The quantitative estimate of drug-likeness (QED) is 0.0264. The molecule has 2 heterocycles. The van der Waals surface area contributed by atoms with Gasteiger partial charge in [0.05, 0.1) is 19.3 Å². The van der Waals surface area contributed by atoms with Crippen LogP contribution in [0.2, 0.25) is 0 Å². The molecule has 10 N–H and O–H groups in total. The van der Waals surface area contributed by atoms with Gasteiger partial charge in [0, 0.05) is 69.0 Å². The van der Waals surface area contributed by atoms with E-state index in [1.54, 1.807) is 22.6 Å². The maximum atomic E-state index is 12.5. The van der Waals surface area contributed by atoms with Gasteiger partial charge in [-0.2, -0.15) is 0 Å². The lowest BCUT2D eigenvalue weighted by atomic mass is 9.97. The first-order chi connectivity index (χ1) is 25.7. The Morgan fingerprint density at radius 1 is 0.648 bits per heavy atom. The minimum absolute atomic E-state index is 0.120. The summed E-state index contributed by atoms with van der Waals surface area (Å²) in [6.07, 6.45) is -4.25. The fourth-order valence-corrected chi connectivity index (χ4v) is 6.52. The molecule has 2 saturated heterocycles. The van der Waals surface area contributed by atoms with Gasteiger partial charge in [-0.05, 0) is 44.9 Å². The summed E-state index contributed by atoms with van der Waals surface area (Å²) in [5.74, 6) is -1.28. The van der Waals surface area contributed by atoms with Crippen molar-refractivity contribution >= 4 is 50.0 Å². The van der Waals surface area contributed by atoms with Crippen LogP contribution in [0.5, 0.6) is 0 Å². The third kappa shape index (κ3) is 16.9. The maximum Gasteiger partial charge on any atom is 0.220 e. The zero-order chi connectivity index (χ0) is 40.2. The molecule has 19 nitrogen and oxygen atoms in total. The van der Waals surface area contributed by atoms with E-state index in [0.29, 0.717) is 70.8 Å². The van der Waals surface area contributed by atoms with Crippen molar-refractivity contribution in [2.75, 3.05) is 33.0 Å². The van der Waals surface area contributed by atoms with E-state index in [9.17, 15) is 54.6 Å². The number of hydrogen-bond acceptors (Lipinski definition) is 15. The van der Waals surface area contributed by atoms with Crippen LogP contribution in [-0.4, -0.2) is 158 Å². The summed E-state index contributed by atoms with van der Waals surface area (Å²) in [6, 6.07) is -2.68. The third-order valence-electron chi connectivity index (χ3n) is 9.01. The zero-order valence-electron chi connectivity index (χ0n) is 30.9. The minimum Gasteiger partial charge on any atom is -0.394 e. The molecule has 4 amide bonds. The molecule has 0 bridgehead atoms. The molecule has 2 aliphatic heterocycles. The molecule has 11 atom stereocenters. The van der Waals surface area contributed by atoms with E-state index in [1.807, 2.05) is 0 Å². The van der Waals surface area contributed by atoms with Gasteiger partial charge in [0.15, 0.2) is 12.6 Å². The van der Waals surface area contributed by atoms with E-state index in [-0.39, 0.29) is 35.2 Å². The van der Waals surface area contributed by atoms with Gasteiger partial charge in [0.1, 0.15) is 48.7 Å². The zero-order valence-corrected chi connectivity index (χ0v) is 33.1. The second kappa shape index (κ2) is 25.9. The van der Waals surface area contributed by atoms with Gasteiger partial charge in [-0.3, -0.25) is 24.0 Å². The Bertz CT molecular complexity index is 1170. The summed E-state index contributed by atoms with van der Waals surface area (Å²) < 4.78 is 22.2. The summed E-state index contributed by atoms with van der Waals surface area (Å²) in [5.41, 5.74) is 0. The smallest absolute Gasteiger partial charge is 0.220 e. The molecule has 0 aromatic rings. The lowest BCUT2D eigenvalue weighted by Gasteiger charge is -2.42. The van der Waals surface area contributed by atoms with Crippen LogP contribution in [0.1, 0.15) is 84.5 Å². The molecule has 0 aromatic carbocycles. The van der Waals surface area contributed by atoms with Gasteiger partial charge in [-0.1, -0.05) is 12.8 Å². The minimum atomic E-state index is -1.40. The number of nitrogens with one attached hydrogen (secondary N) is 4. The summed E-state index contributed by atoms with van der Waals surface area (Å²) in [7, 11) is 0. The Balaban J connectivity index is 1.56. The van der Waals surface area contributed by atoms with E-state index < -0.39 is 92.4 Å². The molecule has 0 saturated carbocycles. The molecule has 2 rings (SSSR count). The summed E-state index contributed by atoms with van der Waals surface area (Å²) in [4.78, 5) is 60.0. The molecule has 0 radical (unpaired) electrons. The van der Waals surface area contributed by atoms with Crippen LogP contribution in [-0.2, 0) is 42.9 Å². The Morgan fingerprint density at radius 3 is 1.54 bits per heavy atom. The molecule has 0 spiro atoms. The highest BCUT2D eigenvalue weighted by Gasteiger charge is 2.46. The van der Waals surface area contributed by atoms with Gasteiger partial charge in [0.2, 0.25) is 27.4 Å². The molecule has 54 heavy (non-hydrogen) atoms. The van der Waals surface area contributed by atoms with E-state index >= 15 is 0 Å². The second-order valence-corrected chi connectivity index (χ2v) is 14.6. The molecule has 2 aliphatic rings. The average molecular weight is 891 g/mol. The van der Waals surface area contributed by atoms with Crippen LogP contribution in [0, 0.1) is 0 Å². The van der Waals surface area contributed by atoms with Crippen molar-refractivity contribution in [3.63, 3.8) is 0 Å². The predicted octanol–water partition coefficient (Wildman–Crippen LogP) is -2.24. The number of halogens is 1. The average Bonchev–Trinajstić information content (AvgIpc) is 3.12. The number of aliphatic hydroxyl groups excluding tert-OH is 6. The largest absolute Gasteiger partial charge is 0.394 e. The van der Waals surface area contributed by atoms with Crippen molar-refractivity contribution < 1.29 is 73.6 Å². The van der Waals surface area contributed by atoms with Crippen LogP contribution < -0.4 is 21.3 Å². The summed E-state index contributed by atoms with van der Waals surface area (Å²) in [6.45, 7) is 2.23. The molecule has 312 valence electrons. The van der Waals surface area contributed by atoms with E-state index in [4.69, 9.17) is 18.9 Å². The van der Waals surface area contributed by atoms with Crippen LogP contribution in [0.15, 0.2) is 0 Å². The Hall–Kier alpha value is -2.12. The predicted molar refractivity (Wildman–Crippen MR) is 197 cm³/mol. The number of amides is 4. The standard InChI is InChI=1S/C34H59IN4O15/c1-19(42)37-26-30(48)28(46)22(17-40)53-33(26)51-15-9-3-5-12-24(44)36-14-8-7-11-21(32(35)50)39-25(45)13-6-4-10-16-52-34-27(38-20(2)43)31(49)29(47)23(18-41)54-34/h21-23,26-31,33-34,40-41,46-49H,3-18H2,1-2H3,(H,36,44)(H,37,42)(H,38,43)(H,39,45). The number of unbranched alkanes of at least 4 members (excludes halogenated alkanes) is 5. The van der Waals surface area contributed by atoms with Gasteiger partial charge in [-0.15, -0.1) is 0 Å². The van der Waals surface area contributed by atoms with Crippen molar-refractivity contribution in [3.05, 3.63) is 0 Å². The van der Waals surface area contributed by atoms with Gasteiger partial charge in [-0.25, -0.2) is 0 Å². The number of ether oxygens (including phenoxy) is 4. The molecular weight excluding hydrogens is 831 g/mol. The number of carbonyl (C=O) groups excluding carboxylic acids is 5. The summed E-state index contributed by atoms with van der Waals surface area (Å²) >= 11 is 1.66. The molecule has 11 unspecified atom stereocenters. The molecule has 0 aromatic heterocycles. The highest BCUT2D eigenvalue weighted by atomic mass is 127. The highest BCUT2D eigenvalue weighted by Crippen LogP contribution is 2.24. The Kier molecular flexibility index (Phi) is 23.1. The molecule has 2 fully saturated rings. The van der Waals surface area contributed by atoms with Crippen LogP contribution >= 0.6 is 22.6 Å². The summed E-state index contributed by atoms with van der Waals surface area (Å²) in [5, 5.41) is 70.3. The third-order valence-corrected chi connectivity index (χ3v) is 9.76. The lowest BCUT2D eigenvalue weighted by molar-refractivity contribution is -0.270. The van der Waals surface area contributed by atoms with Crippen LogP contribution in [0.3, 0.4) is 0 Å². The first-order valence-corrected chi connectivity index (χ1v) is 19.6. The SMILES string of the molecule is CC(=O)NC1C(OCCCCCC(=O)NCCCCC(NC(=O)CCCCCOC2OC(CO)C(O)C(O)C2NC(C)=O)C(=O)I)OC(CO)C(O)C1O. The number of carbonyl (C=O) groups is 5.